The highest BCUT2D eigenvalue weighted by Crippen LogP contribution is 2.42. The lowest BCUT2D eigenvalue weighted by Crippen LogP contribution is -2.56. The van der Waals surface area contributed by atoms with Gasteiger partial charge in [-0.3, -0.25) is 15.2 Å². The number of pyridine rings is 1. The number of fused-ring (bicyclic) bond motifs is 5. The normalized spacial score (nSPS) is 20.4. The first kappa shape index (κ1) is 25.9. The Hall–Kier alpha value is -4.36. The van der Waals surface area contributed by atoms with Crippen molar-refractivity contribution in [2.45, 2.75) is 50.6 Å². The maximum atomic E-state index is 13.5. The fourth-order valence-electron chi connectivity index (χ4n) is 5.95. The van der Waals surface area contributed by atoms with Crippen molar-refractivity contribution in [2.75, 3.05) is 25.0 Å². The van der Waals surface area contributed by atoms with E-state index in [2.05, 4.69) is 25.8 Å². The number of rotatable bonds is 2. The van der Waals surface area contributed by atoms with Crippen molar-refractivity contribution in [3.8, 4) is 0 Å². The predicted octanol–water partition coefficient (Wildman–Crippen LogP) is 3.34. The van der Waals surface area contributed by atoms with Gasteiger partial charge in [0.25, 0.3) is 0 Å². The molecule has 1 aromatic carbocycles. The summed E-state index contributed by atoms with van der Waals surface area (Å²) in [7, 11) is 0. The van der Waals surface area contributed by atoms with Gasteiger partial charge in [0.1, 0.15) is 24.0 Å². The van der Waals surface area contributed by atoms with Gasteiger partial charge in [0.15, 0.2) is 0 Å². The maximum absolute atomic E-state index is 13.5. The van der Waals surface area contributed by atoms with Crippen LogP contribution in [0.25, 0.3) is 10.9 Å². The summed E-state index contributed by atoms with van der Waals surface area (Å²) in [6, 6.07) is 3.60. The van der Waals surface area contributed by atoms with Crippen LogP contribution >= 0.6 is 0 Å². The van der Waals surface area contributed by atoms with E-state index in [-0.39, 0.29) is 26.1 Å². The zero-order valence-electron chi connectivity index (χ0n) is 21.5. The van der Waals surface area contributed by atoms with E-state index in [4.69, 9.17) is 4.74 Å². The molecule has 3 aliphatic rings. The number of alkyl halides is 3. The number of hydrogen-bond donors (Lipinski definition) is 3. The van der Waals surface area contributed by atoms with Gasteiger partial charge in [-0.05, 0) is 35.7 Å². The van der Waals surface area contributed by atoms with E-state index in [9.17, 15) is 27.6 Å². The monoisotopic (exact) mass is 557 g/mol. The van der Waals surface area contributed by atoms with Crippen LogP contribution in [0.5, 0.6) is 0 Å². The van der Waals surface area contributed by atoms with Crippen LogP contribution in [0.4, 0.5) is 28.6 Å². The molecule has 0 saturated carbocycles. The van der Waals surface area contributed by atoms with Gasteiger partial charge in [-0.15, -0.1) is 0 Å². The highest BCUT2D eigenvalue weighted by molar-refractivity contribution is 5.91. The summed E-state index contributed by atoms with van der Waals surface area (Å²) in [6.07, 6.45) is -1.51. The summed E-state index contributed by atoms with van der Waals surface area (Å²) < 4.78 is 46.1. The number of nitrogens with zero attached hydrogens (tertiary/aromatic N) is 4. The number of hydrogen-bond acceptors (Lipinski definition) is 6. The van der Waals surface area contributed by atoms with E-state index < -0.39 is 42.4 Å². The highest BCUT2D eigenvalue weighted by Gasteiger charge is 2.46. The zero-order chi connectivity index (χ0) is 28.2. The van der Waals surface area contributed by atoms with Crippen LogP contribution in [0.3, 0.4) is 0 Å². The van der Waals surface area contributed by atoms with Crippen molar-refractivity contribution in [2.24, 2.45) is 0 Å². The van der Waals surface area contributed by atoms with E-state index in [0.29, 0.717) is 46.3 Å². The minimum Gasteiger partial charge on any atom is -0.437 e. The quantitative estimate of drug-likeness (QED) is 0.443. The van der Waals surface area contributed by atoms with Crippen LogP contribution in [0, 0.1) is 6.92 Å². The molecule has 3 aromatic rings. The predicted molar refractivity (Wildman–Crippen MR) is 135 cm³/mol. The fraction of sp³-hybridized carbons (Fsp3) is 0.423. The minimum absolute atomic E-state index is 0.0380. The highest BCUT2D eigenvalue weighted by atomic mass is 19.4. The number of anilines is 1. The number of ether oxygens (including phenoxy) is 1. The van der Waals surface area contributed by atoms with Crippen LogP contribution < -0.4 is 10.6 Å². The molecule has 0 radical (unpaired) electrons. The number of carbonyl (C=O) groups is 3. The first-order chi connectivity index (χ1) is 19.0. The average molecular weight is 558 g/mol. The molecule has 40 heavy (non-hydrogen) atoms. The second-order valence-electron chi connectivity index (χ2n) is 10.4. The minimum atomic E-state index is -4.62. The standard InChI is InChI=1S/C26H26F3N7O4/c1-14-9-15-10-19(22(37)36(13-26(27,28)29)12-17(15)16-11-31-34-20(14)16)32-23(38)35-7-4-25(5-8-35)18-3-2-6-30-21(18)33-24(39)40-25/h2-3,6,9,11,19H,4-5,7-8,10,12-13H2,1H3,(H,31,34)(H,32,38)(H,30,33,39)/t19-/m1/s1. The number of aromatic nitrogens is 3. The van der Waals surface area contributed by atoms with Gasteiger partial charge in [0, 0.05) is 56.0 Å². The first-order valence-electron chi connectivity index (χ1n) is 12.8. The lowest BCUT2D eigenvalue weighted by molar-refractivity contribution is -0.163. The molecular weight excluding hydrogens is 531 g/mol. The number of nitrogens with one attached hydrogen (secondary N) is 3. The van der Waals surface area contributed by atoms with Crippen LogP contribution in [0.15, 0.2) is 30.6 Å². The number of aryl methyl sites for hydroxylation is 1. The Morgan fingerprint density at radius 1 is 1.27 bits per heavy atom. The van der Waals surface area contributed by atoms with Gasteiger partial charge in [0.2, 0.25) is 5.91 Å². The van der Waals surface area contributed by atoms with Gasteiger partial charge in [-0.25, -0.2) is 14.6 Å². The van der Waals surface area contributed by atoms with Gasteiger partial charge in [-0.2, -0.15) is 18.3 Å². The van der Waals surface area contributed by atoms with Gasteiger partial charge in [0.05, 0.1) is 11.7 Å². The SMILES string of the molecule is Cc1cc2c(c3cn[nH]c13)CN(CC(F)(F)F)C(=O)[C@H](NC(=O)N1CCC3(CC1)OC(=O)Nc1ncccc13)C2. The third-order valence-corrected chi connectivity index (χ3v) is 7.85. The molecule has 1 saturated heterocycles. The second kappa shape index (κ2) is 9.38. The number of amides is 4. The lowest BCUT2D eigenvalue weighted by atomic mass is 9.83. The number of halogens is 3. The van der Waals surface area contributed by atoms with Gasteiger partial charge >= 0.3 is 18.3 Å². The summed E-state index contributed by atoms with van der Waals surface area (Å²) >= 11 is 0. The van der Waals surface area contributed by atoms with Crippen LogP contribution in [0.1, 0.15) is 35.1 Å². The van der Waals surface area contributed by atoms with Crippen molar-refractivity contribution in [1.82, 2.24) is 30.3 Å². The Bertz CT molecular complexity index is 1510. The molecule has 5 heterocycles. The van der Waals surface area contributed by atoms with Gasteiger partial charge in [-0.1, -0.05) is 6.07 Å². The molecule has 1 atom stereocenters. The zero-order valence-corrected chi connectivity index (χ0v) is 21.5. The first-order valence-corrected chi connectivity index (χ1v) is 12.8. The number of aromatic amines is 1. The second-order valence-corrected chi connectivity index (χ2v) is 10.4. The molecule has 3 aliphatic heterocycles. The van der Waals surface area contributed by atoms with Crippen LogP contribution in [-0.4, -0.2) is 74.9 Å². The smallest absolute Gasteiger partial charge is 0.413 e. The third-order valence-electron chi connectivity index (χ3n) is 7.85. The third kappa shape index (κ3) is 4.56. The topological polar surface area (TPSA) is 133 Å². The fourth-order valence-corrected chi connectivity index (χ4v) is 5.95. The van der Waals surface area contributed by atoms with Crippen molar-refractivity contribution in [1.29, 1.82) is 0 Å². The Morgan fingerprint density at radius 3 is 2.80 bits per heavy atom. The maximum Gasteiger partial charge on any atom is 0.413 e. The largest absolute Gasteiger partial charge is 0.437 e. The van der Waals surface area contributed by atoms with Crippen molar-refractivity contribution < 1.29 is 32.3 Å². The summed E-state index contributed by atoms with van der Waals surface area (Å²) in [5.74, 6) is -0.400. The molecule has 210 valence electrons. The molecular formula is C26H26F3N7O4. The molecule has 0 aliphatic carbocycles. The molecule has 14 heteroatoms. The van der Waals surface area contributed by atoms with E-state index >= 15 is 0 Å². The number of carbonyl (C=O) groups excluding carboxylic acids is 3. The average Bonchev–Trinajstić information content (AvgIpc) is 3.36. The molecule has 2 aromatic heterocycles. The van der Waals surface area contributed by atoms with Crippen molar-refractivity contribution >= 4 is 34.8 Å². The van der Waals surface area contributed by atoms with Crippen molar-refractivity contribution in [3.63, 3.8) is 0 Å². The number of urea groups is 1. The van der Waals surface area contributed by atoms with E-state index in [0.717, 1.165) is 10.5 Å². The summed E-state index contributed by atoms with van der Waals surface area (Å²) in [4.78, 5) is 45.3. The molecule has 0 unspecified atom stereocenters. The van der Waals surface area contributed by atoms with E-state index in [1.54, 1.807) is 18.5 Å². The summed E-state index contributed by atoms with van der Waals surface area (Å²) in [5.41, 5.74) is 2.55. The Morgan fingerprint density at radius 2 is 2.05 bits per heavy atom. The van der Waals surface area contributed by atoms with Crippen LogP contribution in [0.2, 0.25) is 0 Å². The van der Waals surface area contributed by atoms with E-state index in [1.165, 1.54) is 4.90 Å². The molecule has 1 spiro atoms. The van der Waals surface area contributed by atoms with Gasteiger partial charge < -0.3 is 19.9 Å². The number of likely N-dealkylation sites (tertiary alicyclic amines) is 1. The Labute approximate surface area is 226 Å². The van der Waals surface area contributed by atoms with Crippen LogP contribution in [-0.2, 0) is 28.1 Å². The molecule has 0 bridgehead atoms. The molecule has 6 rings (SSSR count). The Kier molecular flexibility index (Phi) is 6.07. The number of H-pyrrole nitrogens is 1. The summed E-state index contributed by atoms with van der Waals surface area (Å²) in [5, 5.41) is 12.8. The summed E-state index contributed by atoms with van der Waals surface area (Å²) in [6.45, 7) is 0.552. The number of piperidine rings is 1. The Balaban J connectivity index is 1.23. The molecule has 1 fully saturated rings. The van der Waals surface area contributed by atoms with E-state index in [1.807, 2.05) is 19.1 Å². The lowest BCUT2D eigenvalue weighted by Gasteiger charge is -2.43. The molecule has 4 amide bonds. The van der Waals surface area contributed by atoms with Crippen molar-refractivity contribution in [3.05, 3.63) is 52.8 Å². The molecule has 3 N–H and O–H groups in total. The number of benzene rings is 1. The molecule has 11 nitrogen and oxygen atoms in total.